The van der Waals surface area contributed by atoms with Gasteiger partial charge in [-0.1, -0.05) is 316 Å². The normalized spacial score (nSPS) is 14.1. The molecule has 0 saturated heterocycles. The van der Waals surface area contributed by atoms with Crippen LogP contribution in [0.2, 0.25) is 0 Å². The largest absolute Gasteiger partial charge is 0.472 e. The zero-order chi connectivity index (χ0) is 69.1. The maximum atomic E-state index is 13.1. The van der Waals surface area contributed by atoms with E-state index in [1.807, 2.05) is 0 Å². The van der Waals surface area contributed by atoms with Gasteiger partial charge in [-0.15, -0.1) is 0 Å². The lowest BCUT2D eigenvalue weighted by Gasteiger charge is -2.21. The lowest BCUT2D eigenvalue weighted by molar-refractivity contribution is -0.161. The quantitative estimate of drug-likeness (QED) is 0.0169. The first-order chi connectivity index (χ1) is 45.5. The van der Waals surface area contributed by atoms with Gasteiger partial charge in [0.25, 0.3) is 0 Å². The highest BCUT2D eigenvalue weighted by atomic mass is 31.2. The van der Waals surface area contributed by atoms with E-state index in [9.17, 15) is 43.2 Å². The standard InChI is InChI=1S/C75H142O17P2/c1-6-9-12-15-17-19-21-23-25-26-27-29-33-38-42-46-51-56-61-75(80)92-71(65-86-73(78)59-54-49-44-40-36-34-30-31-35-39-43-48-52-57-68(4)5)67-90-94(83,84)88-63-69(76)62-87-93(81,82)89-66-70(64-85-72(77)58-53-47-14-11-8-3)91-74(79)60-55-50-45-41-37-32-28-24-22-20-18-16-13-10-7-2/h20,22,24,28,68-71,76H,6-19,21,23,25-27,29-67H2,1-5H3,(H,81,82)(H,83,84)/b22-20-,28-24-/t69-,70+,71+/m0/s1. The van der Waals surface area contributed by atoms with Crippen molar-refractivity contribution in [3.63, 3.8) is 0 Å². The topological polar surface area (TPSA) is 237 Å². The lowest BCUT2D eigenvalue weighted by atomic mass is 10.0. The van der Waals surface area contributed by atoms with Gasteiger partial charge in [0, 0.05) is 25.7 Å². The summed E-state index contributed by atoms with van der Waals surface area (Å²) in [5, 5.41) is 10.6. The number of allylic oxidation sites excluding steroid dienone is 4. The number of unbranched alkanes of at least 4 members (excludes halogenated alkanes) is 42. The molecule has 0 heterocycles. The first-order valence-corrected chi connectivity index (χ1v) is 41.4. The molecule has 19 heteroatoms. The van der Waals surface area contributed by atoms with Crippen molar-refractivity contribution in [1.82, 2.24) is 0 Å². The van der Waals surface area contributed by atoms with Gasteiger partial charge in [0.2, 0.25) is 0 Å². The van der Waals surface area contributed by atoms with E-state index < -0.39 is 97.5 Å². The van der Waals surface area contributed by atoms with E-state index in [0.29, 0.717) is 25.7 Å². The van der Waals surface area contributed by atoms with Crippen molar-refractivity contribution in [3.8, 4) is 0 Å². The molecule has 554 valence electrons. The Labute approximate surface area is 573 Å². The number of aliphatic hydroxyl groups excluding tert-OH is 1. The molecular weight excluding hydrogens is 1230 g/mol. The number of carbonyl (C=O) groups is 4. The third-order valence-corrected chi connectivity index (χ3v) is 18.8. The van der Waals surface area contributed by atoms with Crippen molar-refractivity contribution >= 4 is 39.5 Å². The Balaban J connectivity index is 5.17. The van der Waals surface area contributed by atoms with Gasteiger partial charge < -0.3 is 33.8 Å². The van der Waals surface area contributed by atoms with Crippen molar-refractivity contribution < 1.29 is 80.2 Å². The molecule has 94 heavy (non-hydrogen) atoms. The first-order valence-electron chi connectivity index (χ1n) is 38.5. The summed E-state index contributed by atoms with van der Waals surface area (Å²) in [7, 11) is -9.91. The van der Waals surface area contributed by atoms with Crippen LogP contribution in [0, 0.1) is 5.92 Å². The van der Waals surface area contributed by atoms with Gasteiger partial charge in [-0.25, -0.2) is 9.13 Å². The van der Waals surface area contributed by atoms with E-state index in [2.05, 4.69) is 58.9 Å². The first kappa shape index (κ1) is 91.5. The van der Waals surface area contributed by atoms with Crippen molar-refractivity contribution in [2.45, 2.75) is 387 Å². The number of esters is 4. The molecule has 0 fully saturated rings. The summed E-state index contributed by atoms with van der Waals surface area (Å²) in [4.78, 5) is 72.5. The molecule has 0 radical (unpaired) electrons. The maximum absolute atomic E-state index is 13.1. The smallest absolute Gasteiger partial charge is 0.462 e. The van der Waals surface area contributed by atoms with E-state index in [1.54, 1.807) is 0 Å². The van der Waals surface area contributed by atoms with Crippen LogP contribution >= 0.6 is 15.6 Å². The second kappa shape index (κ2) is 67.7. The third kappa shape index (κ3) is 68.1. The van der Waals surface area contributed by atoms with Crippen LogP contribution < -0.4 is 0 Å². The number of rotatable bonds is 73. The number of carbonyl (C=O) groups excluding carboxylic acids is 4. The number of ether oxygens (including phenoxy) is 4. The number of phosphoric acid groups is 2. The molecule has 0 aliphatic carbocycles. The highest BCUT2D eigenvalue weighted by molar-refractivity contribution is 7.47. The van der Waals surface area contributed by atoms with Crippen LogP contribution in [0.4, 0.5) is 0 Å². The van der Waals surface area contributed by atoms with Crippen LogP contribution in [0.15, 0.2) is 24.3 Å². The summed E-state index contributed by atoms with van der Waals surface area (Å²) in [6.45, 7) is 7.15. The minimum Gasteiger partial charge on any atom is -0.462 e. The monoisotopic (exact) mass is 1380 g/mol. The molecule has 0 spiro atoms. The van der Waals surface area contributed by atoms with E-state index in [-0.39, 0.29) is 25.7 Å². The minimum atomic E-state index is -4.96. The zero-order valence-electron chi connectivity index (χ0n) is 60.6. The average Bonchev–Trinajstić information content (AvgIpc) is 2.16. The van der Waals surface area contributed by atoms with Gasteiger partial charge in [-0.05, 0) is 57.3 Å². The average molecular weight is 1380 g/mol. The van der Waals surface area contributed by atoms with Gasteiger partial charge in [-0.2, -0.15) is 0 Å². The summed E-state index contributed by atoms with van der Waals surface area (Å²) < 4.78 is 68.2. The molecular formula is C75H142O17P2. The van der Waals surface area contributed by atoms with Gasteiger partial charge in [0.1, 0.15) is 19.3 Å². The fourth-order valence-electron chi connectivity index (χ4n) is 11.0. The summed E-state index contributed by atoms with van der Waals surface area (Å²) in [6, 6.07) is 0. The number of hydrogen-bond donors (Lipinski definition) is 3. The molecule has 17 nitrogen and oxygen atoms in total. The molecule has 0 saturated carbocycles. The Kier molecular flexibility index (Phi) is 65.9. The van der Waals surface area contributed by atoms with Crippen LogP contribution in [0.25, 0.3) is 0 Å². The number of phosphoric ester groups is 2. The summed E-state index contributed by atoms with van der Waals surface area (Å²) in [5.74, 6) is -1.37. The maximum Gasteiger partial charge on any atom is 0.472 e. The predicted octanol–water partition coefficient (Wildman–Crippen LogP) is 21.6. The fraction of sp³-hybridized carbons (Fsp3) is 0.893. The Hall–Kier alpha value is -2.46. The molecule has 0 aromatic rings. The van der Waals surface area contributed by atoms with Crippen LogP contribution in [0.1, 0.15) is 369 Å². The summed E-state index contributed by atoms with van der Waals surface area (Å²) in [6.07, 6.45) is 59.5. The van der Waals surface area contributed by atoms with Crippen LogP contribution in [0.3, 0.4) is 0 Å². The SMILES string of the molecule is CCCCCC/C=C\C=C/CCCCCCCC(=O)O[C@H](COC(=O)CCCCCCC)COP(=O)(O)OC[C@H](O)COP(=O)(O)OC[C@@H](COC(=O)CCCCCCCCCCCCCCCC(C)C)OC(=O)CCCCCCCCCCCCCCCCCCCC. The van der Waals surface area contributed by atoms with Crippen LogP contribution in [0.5, 0.6) is 0 Å². The molecule has 0 amide bonds. The second-order valence-electron chi connectivity index (χ2n) is 26.8. The Morgan fingerprint density at radius 1 is 0.330 bits per heavy atom. The second-order valence-corrected chi connectivity index (χ2v) is 29.7. The summed E-state index contributed by atoms with van der Waals surface area (Å²) in [5.41, 5.74) is 0. The molecule has 0 aromatic carbocycles. The van der Waals surface area contributed by atoms with E-state index >= 15 is 0 Å². The van der Waals surface area contributed by atoms with Crippen LogP contribution in [-0.4, -0.2) is 96.7 Å². The highest BCUT2D eigenvalue weighted by Gasteiger charge is 2.30. The number of hydrogen-bond acceptors (Lipinski definition) is 15. The van der Waals surface area contributed by atoms with Crippen molar-refractivity contribution in [2.24, 2.45) is 5.92 Å². The van der Waals surface area contributed by atoms with E-state index in [1.165, 1.54) is 173 Å². The minimum absolute atomic E-state index is 0.0843. The number of aliphatic hydroxyl groups is 1. The van der Waals surface area contributed by atoms with Gasteiger partial charge in [0.05, 0.1) is 26.4 Å². The van der Waals surface area contributed by atoms with Crippen molar-refractivity contribution in [2.75, 3.05) is 39.6 Å². The van der Waals surface area contributed by atoms with Crippen molar-refractivity contribution in [3.05, 3.63) is 24.3 Å². The molecule has 0 aliphatic rings. The highest BCUT2D eigenvalue weighted by Crippen LogP contribution is 2.45. The molecule has 3 N–H and O–H groups in total. The van der Waals surface area contributed by atoms with Gasteiger partial charge in [-0.3, -0.25) is 37.3 Å². The molecule has 5 atom stereocenters. The molecule has 2 unspecified atom stereocenters. The molecule has 0 rings (SSSR count). The zero-order valence-corrected chi connectivity index (χ0v) is 62.4. The van der Waals surface area contributed by atoms with Crippen LogP contribution in [-0.2, 0) is 65.4 Å². The predicted molar refractivity (Wildman–Crippen MR) is 381 cm³/mol. The summed E-state index contributed by atoms with van der Waals surface area (Å²) >= 11 is 0. The van der Waals surface area contributed by atoms with E-state index in [0.717, 1.165) is 115 Å². The fourth-order valence-corrected chi connectivity index (χ4v) is 12.6. The Bertz CT molecular complexity index is 1900. The Morgan fingerprint density at radius 3 is 0.872 bits per heavy atom. The third-order valence-electron chi connectivity index (χ3n) is 16.9. The van der Waals surface area contributed by atoms with Gasteiger partial charge >= 0.3 is 39.5 Å². The molecule has 0 aliphatic heterocycles. The molecule has 0 bridgehead atoms. The van der Waals surface area contributed by atoms with E-state index in [4.69, 9.17) is 37.0 Å². The lowest BCUT2D eigenvalue weighted by Crippen LogP contribution is -2.30. The Morgan fingerprint density at radius 2 is 0.574 bits per heavy atom. The van der Waals surface area contributed by atoms with Gasteiger partial charge in [0.15, 0.2) is 12.2 Å². The van der Waals surface area contributed by atoms with Crippen molar-refractivity contribution in [1.29, 1.82) is 0 Å². The molecule has 0 aromatic heterocycles.